The van der Waals surface area contributed by atoms with Crippen LogP contribution in [-0.2, 0) is 11.8 Å². The molecule has 0 aliphatic heterocycles. The first-order valence-electron chi connectivity index (χ1n) is 11.3. The van der Waals surface area contributed by atoms with Crippen LogP contribution in [0, 0.1) is 41.4 Å². The second-order valence-electron chi connectivity index (χ2n) is 9.12. The van der Waals surface area contributed by atoms with Crippen LogP contribution in [0.2, 0.25) is 0 Å². The molecule has 2 aliphatic carbocycles. The molecule has 1 nitrogen and oxygen atoms in total. The normalized spacial score (nSPS) is 30.1. The first kappa shape index (κ1) is 20.7. The van der Waals surface area contributed by atoms with Crippen LogP contribution < -0.4 is 0 Å². The molecule has 28 heavy (non-hydrogen) atoms. The number of aryl methyl sites for hydroxylation is 1. The summed E-state index contributed by atoms with van der Waals surface area (Å²) in [6.07, 6.45) is 22.4. The Morgan fingerprint density at radius 1 is 1.00 bits per heavy atom. The molecule has 3 rings (SSSR count). The van der Waals surface area contributed by atoms with E-state index in [0.717, 1.165) is 37.5 Å². The SMILES string of the molecule is C#CC1(c2ccc(CC[C@H]3CC[C@H](CCC=C)CC3)cc2)CCC(C#N)CC1. The van der Waals surface area contributed by atoms with Crippen molar-refractivity contribution in [1.29, 1.82) is 5.26 Å². The monoisotopic (exact) mass is 373 g/mol. The predicted octanol–water partition coefficient (Wildman–Crippen LogP) is 6.98. The molecule has 0 atom stereocenters. The third-order valence-electron chi connectivity index (χ3n) is 7.39. The quantitative estimate of drug-likeness (QED) is 0.374. The molecule has 148 valence electrons. The average Bonchev–Trinajstić information content (AvgIpc) is 2.77. The molecule has 0 aromatic heterocycles. The molecule has 0 unspecified atom stereocenters. The van der Waals surface area contributed by atoms with Gasteiger partial charge in [0.15, 0.2) is 0 Å². The zero-order valence-corrected chi connectivity index (χ0v) is 17.3. The van der Waals surface area contributed by atoms with Gasteiger partial charge in [0.2, 0.25) is 0 Å². The Morgan fingerprint density at radius 3 is 2.14 bits per heavy atom. The second kappa shape index (κ2) is 9.98. The average molecular weight is 374 g/mol. The van der Waals surface area contributed by atoms with Crippen molar-refractivity contribution in [2.75, 3.05) is 0 Å². The summed E-state index contributed by atoms with van der Waals surface area (Å²) in [6, 6.07) is 11.5. The third kappa shape index (κ3) is 5.08. The van der Waals surface area contributed by atoms with Crippen molar-refractivity contribution in [2.45, 2.75) is 82.5 Å². The zero-order chi connectivity index (χ0) is 19.8. The highest BCUT2D eigenvalue weighted by molar-refractivity contribution is 5.37. The Balaban J connectivity index is 1.49. The molecule has 2 aliphatic rings. The fourth-order valence-electron chi connectivity index (χ4n) is 5.28. The minimum absolute atomic E-state index is 0.157. The molecule has 1 aromatic carbocycles. The number of terminal acetylenes is 1. The number of hydrogen-bond donors (Lipinski definition) is 0. The van der Waals surface area contributed by atoms with Gasteiger partial charge in [-0.2, -0.15) is 5.26 Å². The van der Waals surface area contributed by atoms with Crippen molar-refractivity contribution in [3.63, 3.8) is 0 Å². The van der Waals surface area contributed by atoms with E-state index in [9.17, 15) is 0 Å². The van der Waals surface area contributed by atoms with Crippen LogP contribution in [0.3, 0.4) is 0 Å². The maximum Gasteiger partial charge on any atom is 0.0655 e. The minimum Gasteiger partial charge on any atom is -0.198 e. The van der Waals surface area contributed by atoms with E-state index in [1.54, 1.807) is 0 Å². The van der Waals surface area contributed by atoms with Gasteiger partial charge in [-0.15, -0.1) is 13.0 Å². The van der Waals surface area contributed by atoms with E-state index in [4.69, 9.17) is 11.7 Å². The Labute approximate surface area is 172 Å². The van der Waals surface area contributed by atoms with Crippen molar-refractivity contribution in [1.82, 2.24) is 0 Å². The number of benzene rings is 1. The van der Waals surface area contributed by atoms with Crippen LogP contribution in [0.25, 0.3) is 0 Å². The highest BCUT2D eigenvalue weighted by Crippen LogP contribution is 2.41. The Kier molecular flexibility index (Phi) is 7.39. The number of rotatable bonds is 7. The van der Waals surface area contributed by atoms with E-state index < -0.39 is 0 Å². The lowest BCUT2D eigenvalue weighted by Gasteiger charge is -2.35. The van der Waals surface area contributed by atoms with Crippen LogP contribution in [0.5, 0.6) is 0 Å². The Bertz CT molecular complexity index is 698. The van der Waals surface area contributed by atoms with Crippen LogP contribution in [0.1, 0.15) is 81.8 Å². The van der Waals surface area contributed by atoms with E-state index in [-0.39, 0.29) is 11.3 Å². The smallest absolute Gasteiger partial charge is 0.0655 e. The van der Waals surface area contributed by atoms with Crippen molar-refractivity contribution in [3.05, 3.63) is 48.0 Å². The highest BCUT2D eigenvalue weighted by Gasteiger charge is 2.35. The summed E-state index contributed by atoms with van der Waals surface area (Å²) in [5.74, 6) is 5.11. The van der Waals surface area contributed by atoms with E-state index in [2.05, 4.69) is 48.9 Å². The molecule has 0 saturated heterocycles. The van der Waals surface area contributed by atoms with E-state index in [1.165, 1.54) is 62.5 Å². The molecular formula is C27H35N. The third-order valence-corrected chi connectivity index (χ3v) is 7.39. The van der Waals surface area contributed by atoms with Crippen molar-refractivity contribution >= 4 is 0 Å². The predicted molar refractivity (Wildman–Crippen MR) is 118 cm³/mol. The van der Waals surface area contributed by atoms with Crippen LogP contribution in [-0.4, -0.2) is 0 Å². The molecule has 0 spiro atoms. The fourth-order valence-corrected chi connectivity index (χ4v) is 5.28. The molecular weight excluding hydrogens is 338 g/mol. The first-order valence-corrected chi connectivity index (χ1v) is 11.3. The molecule has 2 saturated carbocycles. The maximum absolute atomic E-state index is 9.15. The van der Waals surface area contributed by atoms with Gasteiger partial charge in [-0.05, 0) is 74.3 Å². The van der Waals surface area contributed by atoms with E-state index >= 15 is 0 Å². The minimum atomic E-state index is -0.157. The van der Waals surface area contributed by atoms with Crippen LogP contribution >= 0.6 is 0 Å². The first-order chi connectivity index (χ1) is 13.7. The molecule has 1 aromatic rings. The number of allylic oxidation sites excluding steroid dienone is 1. The molecule has 0 bridgehead atoms. The molecule has 0 heterocycles. The number of nitriles is 1. The summed E-state index contributed by atoms with van der Waals surface area (Å²) in [5, 5.41) is 9.15. The Hall–Kier alpha value is -1.99. The lowest BCUT2D eigenvalue weighted by molar-refractivity contribution is 0.254. The molecule has 2 fully saturated rings. The number of nitrogens with zero attached hydrogens (tertiary/aromatic N) is 1. The van der Waals surface area contributed by atoms with Gasteiger partial charge in [0.25, 0.3) is 0 Å². The molecule has 0 amide bonds. The maximum atomic E-state index is 9.15. The summed E-state index contributed by atoms with van der Waals surface area (Å²) in [5.41, 5.74) is 2.56. The highest BCUT2D eigenvalue weighted by atomic mass is 14.4. The lowest BCUT2D eigenvalue weighted by Crippen LogP contribution is -2.30. The molecule has 1 heteroatoms. The molecule has 0 N–H and O–H groups in total. The molecule has 0 radical (unpaired) electrons. The van der Waals surface area contributed by atoms with Crippen molar-refractivity contribution in [2.24, 2.45) is 17.8 Å². The lowest BCUT2D eigenvalue weighted by atomic mass is 9.67. The summed E-state index contributed by atoms with van der Waals surface area (Å²) >= 11 is 0. The van der Waals surface area contributed by atoms with Gasteiger partial charge in [-0.3, -0.25) is 0 Å². The van der Waals surface area contributed by atoms with Crippen molar-refractivity contribution < 1.29 is 0 Å². The van der Waals surface area contributed by atoms with Gasteiger partial charge in [0.1, 0.15) is 0 Å². The van der Waals surface area contributed by atoms with Gasteiger partial charge in [0, 0.05) is 5.92 Å². The summed E-state index contributed by atoms with van der Waals surface area (Å²) < 4.78 is 0. The van der Waals surface area contributed by atoms with Crippen molar-refractivity contribution in [3.8, 4) is 18.4 Å². The van der Waals surface area contributed by atoms with Crippen LogP contribution in [0.4, 0.5) is 0 Å². The fraction of sp³-hybridized carbons (Fsp3) is 0.593. The van der Waals surface area contributed by atoms with E-state index in [0.29, 0.717) is 0 Å². The topological polar surface area (TPSA) is 23.8 Å². The van der Waals surface area contributed by atoms with Gasteiger partial charge in [-0.1, -0.05) is 61.9 Å². The van der Waals surface area contributed by atoms with Gasteiger partial charge >= 0.3 is 0 Å². The van der Waals surface area contributed by atoms with Gasteiger partial charge in [0.05, 0.1) is 11.5 Å². The van der Waals surface area contributed by atoms with Gasteiger partial charge < -0.3 is 0 Å². The largest absolute Gasteiger partial charge is 0.198 e. The van der Waals surface area contributed by atoms with Gasteiger partial charge in [-0.25, -0.2) is 0 Å². The summed E-state index contributed by atoms with van der Waals surface area (Å²) in [4.78, 5) is 0. The standard InChI is InChI=1S/C27H35N/c1-3-5-6-22-7-9-23(10-8-22)11-12-24-13-15-26(16-14-24)27(4-2)19-17-25(21-28)18-20-27/h2-3,13-16,22-23,25H,1,5-12,17-20H2/t22-,23-,25?,27?. The van der Waals surface area contributed by atoms with Crippen LogP contribution in [0.15, 0.2) is 36.9 Å². The Morgan fingerprint density at radius 2 is 1.61 bits per heavy atom. The summed E-state index contributed by atoms with van der Waals surface area (Å²) in [7, 11) is 0. The zero-order valence-electron chi connectivity index (χ0n) is 17.3. The van der Waals surface area contributed by atoms with E-state index in [1.807, 2.05) is 0 Å². The summed E-state index contributed by atoms with van der Waals surface area (Å²) in [6.45, 7) is 3.85. The second-order valence-corrected chi connectivity index (χ2v) is 9.12. The number of hydrogen-bond acceptors (Lipinski definition) is 1.